The number of benzene rings is 1. The zero-order valence-electron chi connectivity index (χ0n) is 10.4. The standard InChI is InChI=1S/C13H19NO3/c1-3-16-12-6-5-11(7-8-14-10-15)9-13(12)17-4-2/h5-6,9-10H,3-4,7-8H2,1-2H3,(H,14,15). The molecule has 1 rings (SSSR count). The largest absolute Gasteiger partial charge is 0.490 e. The predicted molar refractivity (Wildman–Crippen MR) is 66.6 cm³/mol. The molecule has 0 aliphatic carbocycles. The lowest BCUT2D eigenvalue weighted by atomic mass is 10.1. The van der Waals surface area contributed by atoms with Crippen molar-refractivity contribution in [1.82, 2.24) is 5.32 Å². The first-order chi connectivity index (χ1) is 8.31. The second-order valence-electron chi connectivity index (χ2n) is 3.47. The van der Waals surface area contributed by atoms with E-state index >= 15 is 0 Å². The molecule has 4 heteroatoms. The maximum absolute atomic E-state index is 10.1. The van der Waals surface area contributed by atoms with Crippen molar-refractivity contribution in [2.24, 2.45) is 0 Å². The number of hydrogen-bond donors (Lipinski definition) is 1. The average molecular weight is 237 g/mol. The maximum atomic E-state index is 10.1. The molecule has 1 N–H and O–H groups in total. The van der Waals surface area contributed by atoms with Crippen LogP contribution in [0.25, 0.3) is 0 Å². The summed E-state index contributed by atoms with van der Waals surface area (Å²) in [5, 5.41) is 2.64. The minimum atomic E-state index is 0.607. The number of carbonyl (C=O) groups is 1. The number of nitrogens with one attached hydrogen (secondary N) is 1. The van der Waals surface area contributed by atoms with E-state index in [-0.39, 0.29) is 0 Å². The third kappa shape index (κ3) is 4.34. The molecule has 1 amide bonds. The molecular formula is C13H19NO3. The second-order valence-corrected chi connectivity index (χ2v) is 3.47. The third-order valence-corrected chi connectivity index (χ3v) is 2.25. The number of amides is 1. The van der Waals surface area contributed by atoms with Crippen LogP contribution in [0.5, 0.6) is 11.5 Å². The molecule has 4 nitrogen and oxygen atoms in total. The monoisotopic (exact) mass is 237 g/mol. The van der Waals surface area contributed by atoms with Crippen LogP contribution < -0.4 is 14.8 Å². The lowest BCUT2D eigenvalue weighted by Gasteiger charge is -2.12. The van der Waals surface area contributed by atoms with Gasteiger partial charge in [0.1, 0.15) is 0 Å². The Bertz CT molecular complexity index is 353. The topological polar surface area (TPSA) is 47.6 Å². The molecular weight excluding hydrogens is 218 g/mol. The van der Waals surface area contributed by atoms with Crippen molar-refractivity contribution in [2.45, 2.75) is 20.3 Å². The molecule has 17 heavy (non-hydrogen) atoms. The predicted octanol–water partition coefficient (Wildman–Crippen LogP) is 1.77. The highest BCUT2D eigenvalue weighted by molar-refractivity contribution is 5.46. The Balaban J connectivity index is 2.73. The Morgan fingerprint density at radius 2 is 1.88 bits per heavy atom. The molecule has 1 aromatic carbocycles. The van der Waals surface area contributed by atoms with Gasteiger partial charge in [-0.2, -0.15) is 0 Å². The van der Waals surface area contributed by atoms with Crippen LogP contribution in [0.1, 0.15) is 19.4 Å². The van der Waals surface area contributed by atoms with E-state index in [0.717, 1.165) is 23.5 Å². The molecule has 0 aromatic heterocycles. The Morgan fingerprint density at radius 1 is 1.18 bits per heavy atom. The van der Waals surface area contributed by atoms with Gasteiger partial charge in [-0.1, -0.05) is 6.07 Å². The number of carbonyl (C=O) groups excluding carboxylic acids is 1. The lowest BCUT2D eigenvalue weighted by molar-refractivity contribution is -0.109. The highest BCUT2D eigenvalue weighted by atomic mass is 16.5. The summed E-state index contributed by atoms with van der Waals surface area (Å²) in [7, 11) is 0. The van der Waals surface area contributed by atoms with Gasteiger partial charge in [0.2, 0.25) is 6.41 Å². The van der Waals surface area contributed by atoms with Crippen molar-refractivity contribution >= 4 is 6.41 Å². The van der Waals surface area contributed by atoms with Gasteiger partial charge in [-0.15, -0.1) is 0 Å². The summed E-state index contributed by atoms with van der Waals surface area (Å²) in [4.78, 5) is 10.1. The van der Waals surface area contributed by atoms with Crippen molar-refractivity contribution in [3.8, 4) is 11.5 Å². The number of rotatable bonds is 8. The molecule has 0 unspecified atom stereocenters. The van der Waals surface area contributed by atoms with Gasteiger partial charge in [-0.3, -0.25) is 4.79 Å². The van der Waals surface area contributed by atoms with Crippen LogP contribution in [-0.2, 0) is 11.2 Å². The molecule has 0 spiro atoms. The smallest absolute Gasteiger partial charge is 0.207 e. The van der Waals surface area contributed by atoms with E-state index in [2.05, 4.69) is 5.32 Å². The summed E-state index contributed by atoms with van der Waals surface area (Å²) in [5.41, 5.74) is 1.12. The molecule has 0 aliphatic rings. The molecule has 0 saturated carbocycles. The minimum absolute atomic E-state index is 0.607. The first-order valence-corrected chi connectivity index (χ1v) is 5.87. The van der Waals surface area contributed by atoms with E-state index < -0.39 is 0 Å². The van der Waals surface area contributed by atoms with Crippen LogP contribution in [0.3, 0.4) is 0 Å². The van der Waals surface area contributed by atoms with Crippen molar-refractivity contribution < 1.29 is 14.3 Å². The number of ether oxygens (including phenoxy) is 2. The van der Waals surface area contributed by atoms with Crippen molar-refractivity contribution in [1.29, 1.82) is 0 Å². The lowest BCUT2D eigenvalue weighted by Crippen LogP contribution is -2.14. The van der Waals surface area contributed by atoms with Crippen LogP contribution in [0.2, 0.25) is 0 Å². The fourth-order valence-electron chi connectivity index (χ4n) is 1.53. The van der Waals surface area contributed by atoms with Gasteiger partial charge in [0.15, 0.2) is 11.5 Å². The molecule has 1 aromatic rings. The summed E-state index contributed by atoms with van der Waals surface area (Å²) in [6.07, 6.45) is 1.49. The fourth-order valence-corrected chi connectivity index (χ4v) is 1.53. The van der Waals surface area contributed by atoms with Crippen LogP contribution in [0.4, 0.5) is 0 Å². The summed E-state index contributed by atoms with van der Waals surface area (Å²) >= 11 is 0. The normalized spacial score (nSPS) is 9.76. The van der Waals surface area contributed by atoms with E-state index in [1.54, 1.807) is 0 Å². The minimum Gasteiger partial charge on any atom is -0.490 e. The van der Waals surface area contributed by atoms with Crippen LogP contribution >= 0.6 is 0 Å². The van der Waals surface area contributed by atoms with Crippen LogP contribution in [0, 0.1) is 0 Å². The first kappa shape index (κ1) is 13.4. The highest BCUT2D eigenvalue weighted by Gasteiger charge is 2.05. The molecule has 0 heterocycles. The van der Waals surface area contributed by atoms with Gasteiger partial charge in [0.25, 0.3) is 0 Å². The van der Waals surface area contributed by atoms with Crippen molar-refractivity contribution in [3.63, 3.8) is 0 Å². The van der Waals surface area contributed by atoms with Gasteiger partial charge < -0.3 is 14.8 Å². The SMILES string of the molecule is CCOc1ccc(CCNC=O)cc1OCC. The van der Waals surface area contributed by atoms with Gasteiger partial charge >= 0.3 is 0 Å². The molecule has 0 radical (unpaired) electrons. The van der Waals surface area contributed by atoms with E-state index in [1.807, 2.05) is 32.0 Å². The Morgan fingerprint density at radius 3 is 2.53 bits per heavy atom. The van der Waals surface area contributed by atoms with E-state index in [4.69, 9.17) is 9.47 Å². The summed E-state index contributed by atoms with van der Waals surface area (Å²) < 4.78 is 11.0. The molecule has 0 saturated heterocycles. The van der Waals surface area contributed by atoms with Gasteiger partial charge in [-0.05, 0) is 38.0 Å². The third-order valence-electron chi connectivity index (χ3n) is 2.25. The molecule has 0 fully saturated rings. The zero-order chi connectivity index (χ0) is 12.5. The summed E-state index contributed by atoms with van der Waals surface area (Å²) in [5.74, 6) is 1.53. The highest BCUT2D eigenvalue weighted by Crippen LogP contribution is 2.28. The average Bonchev–Trinajstić information content (AvgIpc) is 2.33. The fraction of sp³-hybridized carbons (Fsp3) is 0.462. The van der Waals surface area contributed by atoms with E-state index in [1.165, 1.54) is 0 Å². The quantitative estimate of drug-likeness (QED) is 0.553. The molecule has 0 bridgehead atoms. The second kappa shape index (κ2) is 7.54. The molecule has 94 valence electrons. The summed E-state index contributed by atoms with van der Waals surface area (Å²) in [6.45, 7) is 5.74. The van der Waals surface area contributed by atoms with E-state index in [0.29, 0.717) is 26.2 Å². The Labute approximate surface area is 102 Å². The Kier molecular flexibility index (Phi) is 5.93. The van der Waals surface area contributed by atoms with Crippen LogP contribution in [-0.4, -0.2) is 26.2 Å². The van der Waals surface area contributed by atoms with E-state index in [9.17, 15) is 4.79 Å². The molecule has 0 aliphatic heterocycles. The first-order valence-electron chi connectivity index (χ1n) is 5.87. The van der Waals surface area contributed by atoms with Crippen LogP contribution in [0.15, 0.2) is 18.2 Å². The van der Waals surface area contributed by atoms with Crippen molar-refractivity contribution in [2.75, 3.05) is 19.8 Å². The zero-order valence-corrected chi connectivity index (χ0v) is 10.4. The van der Waals surface area contributed by atoms with Gasteiger partial charge in [0.05, 0.1) is 13.2 Å². The maximum Gasteiger partial charge on any atom is 0.207 e. The summed E-state index contributed by atoms with van der Waals surface area (Å²) in [6, 6.07) is 5.85. The molecule has 0 atom stereocenters. The Hall–Kier alpha value is -1.71. The van der Waals surface area contributed by atoms with Crippen molar-refractivity contribution in [3.05, 3.63) is 23.8 Å². The van der Waals surface area contributed by atoms with Gasteiger partial charge in [-0.25, -0.2) is 0 Å². The number of hydrogen-bond acceptors (Lipinski definition) is 3. The van der Waals surface area contributed by atoms with Gasteiger partial charge in [0, 0.05) is 6.54 Å².